The van der Waals surface area contributed by atoms with Crippen LogP contribution in [0.25, 0.3) is 11.1 Å². The molecule has 3 heteroatoms. The van der Waals surface area contributed by atoms with Gasteiger partial charge in [-0.25, -0.2) is 0 Å². The van der Waals surface area contributed by atoms with Crippen LogP contribution in [0, 0.1) is 0 Å². The number of unbranched alkanes of at least 4 members (excludes halogenated alkanes) is 2. The van der Waals surface area contributed by atoms with Crippen molar-refractivity contribution in [1.29, 1.82) is 0 Å². The van der Waals surface area contributed by atoms with E-state index in [4.69, 9.17) is 11.3 Å². The molecule has 0 radical (unpaired) electrons. The van der Waals surface area contributed by atoms with E-state index in [1.54, 1.807) is 0 Å². The van der Waals surface area contributed by atoms with Crippen LogP contribution < -0.4 is 11.3 Å². The second-order valence-corrected chi connectivity index (χ2v) is 8.75. The van der Waals surface area contributed by atoms with E-state index in [9.17, 15) is 0 Å². The molecular formula is C32H33BN2. The molecule has 0 bridgehead atoms. The smallest absolute Gasteiger partial charge is 0.331 e. The fraction of sp³-hybridized carbons (Fsp3) is 0.125. The summed E-state index contributed by atoms with van der Waals surface area (Å²) in [7, 11) is 0. The summed E-state index contributed by atoms with van der Waals surface area (Å²) < 4.78 is 0. The van der Waals surface area contributed by atoms with Gasteiger partial charge in [0.15, 0.2) is 0 Å². The molecule has 0 aliphatic heterocycles. The Bertz CT molecular complexity index is 1150. The molecule has 0 atom stereocenters. The Hall–Kier alpha value is -3.66. The summed E-state index contributed by atoms with van der Waals surface area (Å²) in [6.07, 6.45) is 6.33. The van der Waals surface area contributed by atoms with Crippen molar-refractivity contribution in [2.24, 2.45) is 11.3 Å². The minimum absolute atomic E-state index is 0.495. The lowest BCUT2D eigenvalue weighted by Crippen LogP contribution is -2.40. The number of nitrogens with two attached hydrogens (primary N) is 2. The summed E-state index contributed by atoms with van der Waals surface area (Å²) in [4.78, 5) is 0. The first-order valence-electron chi connectivity index (χ1n) is 12.4. The molecule has 4 aromatic carbocycles. The van der Waals surface area contributed by atoms with E-state index < -0.39 is 6.98 Å². The third kappa shape index (κ3) is 6.70. The summed E-state index contributed by atoms with van der Waals surface area (Å²) in [5, 5.41) is 0. The maximum absolute atomic E-state index is 6.34. The molecule has 4 rings (SSSR count). The molecular weight excluding hydrogens is 423 g/mol. The van der Waals surface area contributed by atoms with Crippen LogP contribution in [-0.4, -0.2) is 6.98 Å². The van der Waals surface area contributed by atoms with Crippen LogP contribution in [0.3, 0.4) is 0 Å². The van der Waals surface area contributed by atoms with E-state index in [1.165, 1.54) is 16.7 Å². The van der Waals surface area contributed by atoms with Crippen LogP contribution in [-0.2, 0) is 0 Å². The van der Waals surface area contributed by atoms with Gasteiger partial charge in [0.2, 0.25) is 0 Å². The minimum Gasteiger partial charge on any atom is -0.352 e. The number of allylic oxidation sites excluding steroid dienone is 2. The molecule has 0 spiro atoms. The molecule has 0 unspecified atom stereocenters. The van der Waals surface area contributed by atoms with Crippen LogP contribution in [0.15, 0.2) is 133 Å². The van der Waals surface area contributed by atoms with Crippen molar-refractivity contribution in [2.45, 2.75) is 25.7 Å². The predicted octanol–water partition coefficient (Wildman–Crippen LogP) is 7.13. The average molecular weight is 456 g/mol. The Morgan fingerprint density at radius 3 is 1.34 bits per heavy atom. The number of hydrogen-bond donors (Lipinski definition) is 2. The molecule has 174 valence electrons. The molecule has 0 aliphatic carbocycles. The standard InChI is InChI=1S/C32H33BN2/c34-33(35)31(32(28-20-10-3-11-21-28)29-22-12-4-13-23-29)25-15-5-14-24-30(26-16-6-1-7-17-26)27-18-8-2-9-19-27/h1-4,6-13,16-24H,5,14-15,25,34-35H2. The van der Waals surface area contributed by atoms with Crippen molar-refractivity contribution < 1.29 is 0 Å². The van der Waals surface area contributed by atoms with Crippen LogP contribution in [0.2, 0.25) is 0 Å². The van der Waals surface area contributed by atoms with E-state index in [-0.39, 0.29) is 0 Å². The van der Waals surface area contributed by atoms with Crippen LogP contribution in [0.1, 0.15) is 47.9 Å². The highest BCUT2D eigenvalue weighted by Gasteiger charge is 2.18. The minimum atomic E-state index is -0.495. The van der Waals surface area contributed by atoms with Gasteiger partial charge in [-0.15, -0.1) is 0 Å². The van der Waals surface area contributed by atoms with E-state index in [2.05, 4.69) is 115 Å². The number of rotatable bonds is 10. The van der Waals surface area contributed by atoms with E-state index in [0.29, 0.717) is 0 Å². The molecule has 4 aromatic rings. The summed E-state index contributed by atoms with van der Waals surface area (Å²) >= 11 is 0. The lowest BCUT2D eigenvalue weighted by molar-refractivity contribution is 0.755. The van der Waals surface area contributed by atoms with Gasteiger partial charge in [-0.3, -0.25) is 0 Å². The molecule has 0 saturated heterocycles. The Balaban J connectivity index is 1.54. The lowest BCUT2D eigenvalue weighted by atomic mass is 9.64. The number of benzene rings is 4. The van der Waals surface area contributed by atoms with Crippen molar-refractivity contribution >= 4 is 18.1 Å². The molecule has 2 nitrogen and oxygen atoms in total. The molecule has 0 heterocycles. The maximum atomic E-state index is 6.34. The molecule has 0 fully saturated rings. The Kier molecular flexibility index (Phi) is 8.88. The summed E-state index contributed by atoms with van der Waals surface area (Å²) in [6, 6.07) is 42.1. The molecule has 4 N–H and O–H groups in total. The van der Waals surface area contributed by atoms with Crippen molar-refractivity contribution in [3.05, 3.63) is 155 Å². The van der Waals surface area contributed by atoms with Gasteiger partial charge in [0.25, 0.3) is 0 Å². The maximum Gasteiger partial charge on any atom is 0.331 e. The number of hydrogen-bond acceptors (Lipinski definition) is 2. The molecule has 0 aromatic heterocycles. The highest BCUT2D eigenvalue weighted by Crippen LogP contribution is 2.30. The highest BCUT2D eigenvalue weighted by atomic mass is 14.6. The Labute approximate surface area is 210 Å². The van der Waals surface area contributed by atoms with Gasteiger partial charge in [-0.1, -0.05) is 133 Å². The largest absolute Gasteiger partial charge is 0.352 e. The van der Waals surface area contributed by atoms with Gasteiger partial charge in [0, 0.05) is 0 Å². The van der Waals surface area contributed by atoms with E-state index >= 15 is 0 Å². The highest BCUT2D eigenvalue weighted by molar-refractivity contribution is 6.61. The van der Waals surface area contributed by atoms with Crippen molar-refractivity contribution in [3.8, 4) is 0 Å². The first-order chi connectivity index (χ1) is 17.2. The summed E-state index contributed by atoms with van der Waals surface area (Å²) in [6.45, 7) is -0.495. The van der Waals surface area contributed by atoms with Gasteiger partial charge in [0.05, 0.1) is 0 Å². The Morgan fingerprint density at radius 1 is 0.543 bits per heavy atom. The normalized spacial score (nSPS) is 10.5. The van der Waals surface area contributed by atoms with Gasteiger partial charge in [-0.2, -0.15) is 0 Å². The van der Waals surface area contributed by atoms with E-state index in [0.717, 1.165) is 47.9 Å². The van der Waals surface area contributed by atoms with Crippen LogP contribution >= 0.6 is 0 Å². The second kappa shape index (κ2) is 12.7. The zero-order valence-electron chi connectivity index (χ0n) is 20.2. The third-order valence-electron chi connectivity index (χ3n) is 6.27. The summed E-state index contributed by atoms with van der Waals surface area (Å²) in [5.74, 6) is 0. The quantitative estimate of drug-likeness (QED) is 0.197. The van der Waals surface area contributed by atoms with Crippen molar-refractivity contribution in [1.82, 2.24) is 0 Å². The lowest BCUT2D eigenvalue weighted by Gasteiger charge is -2.18. The summed E-state index contributed by atoms with van der Waals surface area (Å²) in [5.41, 5.74) is 21.0. The predicted molar refractivity (Wildman–Crippen MR) is 151 cm³/mol. The fourth-order valence-corrected chi connectivity index (χ4v) is 4.55. The second-order valence-electron chi connectivity index (χ2n) is 8.75. The first-order valence-corrected chi connectivity index (χ1v) is 12.4. The van der Waals surface area contributed by atoms with Gasteiger partial charge < -0.3 is 11.3 Å². The van der Waals surface area contributed by atoms with Crippen molar-refractivity contribution in [3.63, 3.8) is 0 Å². The molecule has 35 heavy (non-hydrogen) atoms. The third-order valence-corrected chi connectivity index (χ3v) is 6.27. The zero-order chi connectivity index (χ0) is 24.3. The molecule has 0 saturated carbocycles. The average Bonchev–Trinajstić information content (AvgIpc) is 2.92. The van der Waals surface area contributed by atoms with Gasteiger partial charge in [0.1, 0.15) is 0 Å². The molecule has 0 amide bonds. The fourth-order valence-electron chi connectivity index (χ4n) is 4.55. The van der Waals surface area contributed by atoms with Gasteiger partial charge in [-0.05, 0) is 59.1 Å². The molecule has 0 aliphatic rings. The Morgan fingerprint density at radius 2 is 0.943 bits per heavy atom. The zero-order valence-corrected chi connectivity index (χ0v) is 20.2. The van der Waals surface area contributed by atoms with Crippen LogP contribution in [0.5, 0.6) is 0 Å². The van der Waals surface area contributed by atoms with Gasteiger partial charge >= 0.3 is 6.98 Å². The monoisotopic (exact) mass is 456 g/mol. The van der Waals surface area contributed by atoms with E-state index in [1.807, 2.05) is 12.1 Å². The van der Waals surface area contributed by atoms with Crippen LogP contribution in [0.4, 0.5) is 0 Å². The SMILES string of the molecule is NB(N)C(CCCCC=C(c1ccccc1)c1ccccc1)=C(c1ccccc1)c1ccccc1. The first kappa shape index (κ1) is 24.5. The van der Waals surface area contributed by atoms with Crippen molar-refractivity contribution in [2.75, 3.05) is 0 Å². The topological polar surface area (TPSA) is 52.0 Å².